The Balaban J connectivity index is 1.72. The largest absolute Gasteiger partial charge is 0.493 e. The van der Waals surface area contributed by atoms with Gasteiger partial charge in [-0.15, -0.1) is 0 Å². The summed E-state index contributed by atoms with van der Waals surface area (Å²) in [7, 11) is 0. The molecule has 3 nitrogen and oxygen atoms in total. The number of rotatable bonds is 4. The quantitative estimate of drug-likeness (QED) is 0.917. The summed E-state index contributed by atoms with van der Waals surface area (Å²) in [6.45, 7) is 3.31. The first-order chi connectivity index (χ1) is 10.7. The summed E-state index contributed by atoms with van der Waals surface area (Å²) in [6.07, 6.45) is 6.37. The molecule has 0 spiro atoms. The van der Waals surface area contributed by atoms with Crippen molar-refractivity contribution in [1.82, 2.24) is 5.32 Å². The molecule has 1 atom stereocenters. The lowest BCUT2D eigenvalue weighted by Gasteiger charge is -2.37. The van der Waals surface area contributed by atoms with Gasteiger partial charge in [0.15, 0.2) is 0 Å². The molecule has 2 aliphatic heterocycles. The van der Waals surface area contributed by atoms with Crippen LogP contribution in [0.3, 0.4) is 0 Å². The van der Waals surface area contributed by atoms with E-state index >= 15 is 0 Å². The van der Waals surface area contributed by atoms with Crippen molar-refractivity contribution in [2.45, 2.75) is 36.5 Å². The Bertz CT molecular complexity index is 505. The number of thioether (sulfide) groups is 1. The summed E-state index contributed by atoms with van der Waals surface area (Å²) in [6, 6.07) is 5.14. The van der Waals surface area contributed by atoms with Crippen LogP contribution in [0.25, 0.3) is 0 Å². The van der Waals surface area contributed by atoms with Crippen LogP contribution in [-0.4, -0.2) is 37.4 Å². The molecule has 2 heterocycles. The Morgan fingerprint density at radius 3 is 2.91 bits per heavy atom. The van der Waals surface area contributed by atoms with Crippen LogP contribution in [-0.2, 0) is 4.74 Å². The van der Waals surface area contributed by atoms with Gasteiger partial charge in [-0.1, -0.05) is 6.07 Å². The molecule has 2 aliphatic rings. The fourth-order valence-electron chi connectivity index (χ4n) is 3.26. The Labute approximate surface area is 135 Å². The first-order valence-electron chi connectivity index (χ1n) is 8.01. The van der Waals surface area contributed by atoms with Crippen LogP contribution >= 0.6 is 11.8 Å². The average molecular weight is 325 g/mol. The number of halogens is 1. The number of hydrogen-bond donors (Lipinski definition) is 1. The Hall–Kier alpha value is -0.780. The molecular weight excluding hydrogens is 301 g/mol. The molecule has 1 aromatic rings. The molecule has 0 aliphatic carbocycles. The molecule has 122 valence electrons. The molecule has 3 rings (SSSR count). The SMILES string of the molecule is CSC1(CNC2CCCOc3cc(F)ccc32)CCOCC1. The van der Waals surface area contributed by atoms with E-state index in [1.54, 1.807) is 0 Å². The van der Waals surface area contributed by atoms with Crippen molar-refractivity contribution in [3.05, 3.63) is 29.6 Å². The van der Waals surface area contributed by atoms with Gasteiger partial charge in [0.05, 0.1) is 6.61 Å². The highest BCUT2D eigenvalue weighted by atomic mass is 32.2. The molecule has 22 heavy (non-hydrogen) atoms. The molecular formula is C17H24FNO2S. The average Bonchev–Trinajstić information content (AvgIpc) is 2.75. The van der Waals surface area contributed by atoms with Gasteiger partial charge in [0.25, 0.3) is 0 Å². The highest BCUT2D eigenvalue weighted by molar-refractivity contribution is 8.00. The normalized spacial score (nSPS) is 24.2. The van der Waals surface area contributed by atoms with Crippen molar-refractivity contribution < 1.29 is 13.9 Å². The topological polar surface area (TPSA) is 30.5 Å². The lowest BCUT2D eigenvalue weighted by Crippen LogP contribution is -2.43. The fourth-order valence-corrected chi connectivity index (χ4v) is 4.07. The lowest BCUT2D eigenvalue weighted by atomic mass is 9.96. The summed E-state index contributed by atoms with van der Waals surface area (Å²) in [4.78, 5) is 0. The maximum atomic E-state index is 13.4. The Morgan fingerprint density at radius 1 is 1.32 bits per heavy atom. The number of fused-ring (bicyclic) bond motifs is 1. The fraction of sp³-hybridized carbons (Fsp3) is 0.647. The van der Waals surface area contributed by atoms with Gasteiger partial charge < -0.3 is 14.8 Å². The number of nitrogens with one attached hydrogen (secondary N) is 1. The third-order valence-electron chi connectivity index (χ3n) is 4.75. The van der Waals surface area contributed by atoms with Crippen molar-refractivity contribution >= 4 is 11.8 Å². The van der Waals surface area contributed by atoms with Crippen LogP contribution in [0, 0.1) is 5.82 Å². The molecule has 0 radical (unpaired) electrons. The van der Waals surface area contributed by atoms with Crippen molar-refractivity contribution in [3.8, 4) is 5.75 Å². The van der Waals surface area contributed by atoms with E-state index in [0.29, 0.717) is 12.4 Å². The minimum Gasteiger partial charge on any atom is -0.493 e. The van der Waals surface area contributed by atoms with E-state index < -0.39 is 0 Å². The second kappa shape index (κ2) is 7.20. The van der Waals surface area contributed by atoms with Gasteiger partial charge >= 0.3 is 0 Å². The minimum atomic E-state index is -0.232. The highest BCUT2D eigenvalue weighted by Gasteiger charge is 2.33. The zero-order valence-corrected chi connectivity index (χ0v) is 13.9. The second-order valence-electron chi connectivity index (χ2n) is 6.11. The monoisotopic (exact) mass is 325 g/mol. The molecule has 5 heteroatoms. The van der Waals surface area contributed by atoms with Gasteiger partial charge in [0.1, 0.15) is 11.6 Å². The van der Waals surface area contributed by atoms with Crippen LogP contribution in [0.1, 0.15) is 37.3 Å². The minimum absolute atomic E-state index is 0.232. The smallest absolute Gasteiger partial charge is 0.126 e. The third kappa shape index (κ3) is 3.58. The zero-order valence-electron chi connectivity index (χ0n) is 13.1. The van der Waals surface area contributed by atoms with Gasteiger partial charge in [0.2, 0.25) is 0 Å². The van der Waals surface area contributed by atoms with Crippen molar-refractivity contribution in [3.63, 3.8) is 0 Å². The summed E-state index contributed by atoms with van der Waals surface area (Å²) < 4.78 is 24.9. The summed E-state index contributed by atoms with van der Waals surface area (Å²) in [5.74, 6) is 0.463. The Kier molecular flexibility index (Phi) is 5.26. The zero-order chi connectivity index (χ0) is 15.4. The molecule has 0 aromatic heterocycles. The molecule has 1 aromatic carbocycles. The van der Waals surface area contributed by atoms with Gasteiger partial charge in [-0.25, -0.2) is 4.39 Å². The van der Waals surface area contributed by atoms with Gasteiger partial charge in [-0.2, -0.15) is 11.8 Å². The molecule has 1 saturated heterocycles. The first-order valence-corrected chi connectivity index (χ1v) is 9.23. The van der Waals surface area contributed by atoms with Crippen LogP contribution in [0.15, 0.2) is 18.2 Å². The maximum Gasteiger partial charge on any atom is 0.126 e. The van der Waals surface area contributed by atoms with E-state index in [0.717, 1.165) is 51.0 Å². The number of benzene rings is 1. The van der Waals surface area contributed by atoms with Gasteiger partial charge in [0, 0.05) is 42.2 Å². The third-order valence-corrected chi connectivity index (χ3v) is 6.17. The summed E-state index contributed by atoms with van der Waals surface area (Å²) >= 11 is 1.94. The first kappa shape index (κ1) is 16.1. The van der Waals surface area contributed by atoms with E-state index in [1.165, 1.54) is 12.1 Å². The number of hydrogen-bond acceptors (Lipinski definition) is 4. The standard InChI is InChI=1S/C17H24FNO2S/c1-22-17(6-9-20-10-7-17)12-19-15-3-2-8-21-16-11-13(18)4-5-14(15)16/h4-5,11,15,19H,2-3,6-10,12H2,1H3. The molecule has 0 saturated carbocycles. The van der Waals surface area contributed by atoms with Crippen LogP contribution < -0.4 is 10.1 Å². The van der Waals surface area contributed by atoms with Gasteiger partial charge in [-0.05, 0) is 38.0 Å². The van der Waals surface area contributed by atoms with E-state index in [1.807, 2.05) is 17.8 Å². The molecule has 1 fully saturated rings. The van der Waals surface area contributed by atoms with E-state index in [2.05, 4.69) is 11.6 Å². The van der Waals surface area contributed by atoms with E-state index in [4.69, 9.17) is 9.47 Å². The highest BCUT2D eigenvalue weighted by Crippen LogP contribution is 2.36. The second-order valence-corrected chi connectivity index (χ2v) is 7.38. The van der Waals surface area contributed by atoms with Crippen LogP contribution in [0.2, 0.25) is 0 Å². The van der Waals surface area contributed by atoms with Crippen molar-refractivity contribution in [2.75, 3.05) is 32.6 Å². The van der Waals surface area contributed by atoms with Crippen LogP contribution in [0.4, 0.5) is 4.39 Å². The van der Waals surface area contributed by atoms with Crippen LogP contribution in [0.5, 0.6) is 5.75 Å². The Morgan fingerprint density at radius 2 is 2.14 bits per heavy atom. The summed E-state index contributed by atoms with van der Waals surface area (Å²) in [5, 5.41) is 3.72. The van der Waals surface area contributed by atoms with Crippen molar-refractivity contribution in [2.24, 2.45) is 0 Å². The summed E-state index contributed by atoms with van der Waals surface area (Å²) in [5.41, 5.74) is 1.09. The predicted octanol–water partition coefficient (Wildman–Crippen LogP) is 3.54. The lowest BCUT2D eigenvalue weighted by molar-refractivity contribution is 0.0764. The maximum absolute atomic E-state index is 13.4. The van der Waals surface area contributed by atoms with E-state index in [-0.39, 0.29) is 16.6 Å². The molecule has 0 bridgehead atoms. The predicted molar refractivity (Wildman–Crippen MR) is 88.2 cm³/mol. The number of ether oxygens (including phenoxy) is 2. The molecule has 1 unspecified atom stereocenters. The van der Waals surface area contributed by atoms with E-state index in [9.17, 15) is 4.39 Å². The molecule has 1 N–H and O–H groups in total. The van der Waals surface area contributed by atoms with Crippen molar-refractivity contribution in [1.29, 1.82) is 0 Å². The molecule has 0 amide bonds. The van der Waals surface area contributed by atoms with Gasteiger partial charge in [-0.3, -0.25) is 0 Å².